The average molecular weight is 256 g/mol. The van der Waals surface area contributed by atoms with Gasteiger partial charge in [0.1, 0.15) is 0 Å². The SMILES string of the molecule is CS(=O)(=O)N1CCN(S(C)(=O)=O)C(=O)C1. The summed E-state index contributed by atoms with van der Waals surface area (Å²) in [5, 5.41) is 0. The number of piperazine rings is 1. The molecule has 0 aromatic carbocycles. The fourth-order valence-corrected chi connectivity index (χ4v) is 2.87. The van der Waals surface area contributed by atoms with Gasteiger partial charge in [-0.1, -0.05) is 0 Å². The smallest absolute Gasteiger partial charge is 0.251 e. The van der Waals surface area contributed by atoms with Crippen molar-refractivity contribution < 1.29 is 21.6 Å². The molecule has 0 aromatic rings. The summed E-state index contributed by atoms with van der Waals surface area (Å²) in [6.45, 7) is -0.520. The molecule has 0 atom stereocenters. The summed E-state index contributed by atoms with van der Waals surface area (Å²) in [7, 11) is -7.02. The van der Waals surface area contributed by atoms with E-state index < -0.39 is 32.5 Å². The van der Waals surface area contributed by atoms with Gasteiger partial charge in [-0.3, -0.25) is 4.79 Å². The molecule has 88 valence electrons. The van der Waals surface area contributed by atoms with Gasteiger partial charge in [0.25, 0.3) is 5.91 Å². The Labute approximate surface area is 88.8 Å². The zero-order valence-corrected chi connectivity index (χ0v) is 10.0. The second-order valence-corrected chi connectivity index (χ2v) is 7.21. The minimum absolute atomic E-state index is 0.0116. The summed E-state index contributed by atoms with van der Waals surface area (Å²) < 4.78 is 46.0. The maximum absolute atomic E-state index is 11.3. The molecular weight excluding hydrogens is 244 g/mol. The summed E-state index contributed by atoms with van der Waals surface area (Å²) in [5.41, 5.74) is 0. The van der Waals surface area contributed by atoms with Crippen LogP contribution in [0.1, 0.15) is 0 Å². The number of hydrogen-bond donors (Lipinski definition) is 0. The molecule has 0 radical (unpaired) electrons. The van der Waals surface area contributed by atoms with Crippen molar-refractivity contribution in [2.75, 3.05) is 32.1 Å². The van der Waals surface area contributed by atoms with E-state index in [4.69, 9.17) is 0 Å². The lowest BCUT2D eigenvalue weighted by molar-refractivity contribution is -0.128. The summed E-state index contributed by atoms with van der Waals surface area (Å²) in [4.78, 5) is 11.3. The van der Waals surface area contributed by atoms with E-state index in [-0.39, 0.29) is 13.1 Å². The molecule has 0 aliphatic carbocycles. The van der Waals surface area contributed by atoms with E-state index in [9.17, 15) is 21.6 Å². The van der Waals surface area contributed by atoms with Crippen LogP contribution in [0.3, 0.4) is 0 Å². The summed E-state index contributed by atoms with van der Waals surface area (Å²) in [5.74, 6) is -0.714. The molecule has 1 amide bonds. The van der Waals surface area contributed by atoms with E-state index in [0.29, 0.717) is 4.31 Å². The third-order valence-electron chi connectivity index (χ3n) is 2.01. The van der Waals surface area contributed by atoms with Crippen molar-refractivity contribution in [3.05, 3.63) is 0 Å². The van der Waals surface area contributed by atoms with E-state index in [0.717, 1.165) is 16.8 Å². The molecule has 1 aliphatic heterocycles. The maximum Gasteiger partial charge on any atom is 0.251 e. The van der Waals surface area contributed by atoms with Gasteiger partial charge in [-0.2, -0.15) is 4.31 Å². The van der Waals surface area contributed by atoms with E-state index in [1.54, 1.807) is 0 Å². The highest BCUT2D eigenvalue weighted by Gasteiger charge is 2.33. The molecule has 1 saturated heterocycles. The van der Waals surface area contributed by atoms with Gasteiger partial charge >= 0.3 is 0 Å². The fourth-order valence-electron chi connectivity index (χ4n) is 1.27. The number of nitrogens with zero attached hydrogens (tertiary/aromatic N) is 2. The zero-order chi connectivity index (χ0) is 11.9. The van der Waals surface area contributed by atoms with Gasteiger partial charge in [0.05, 0.1) is 25.6 Å². The second-order valence-electron chi connectivity index (χ2n) is 3.33. The van der Waals surface area contributed by atoms with Crippen molar-refractivity contribution in [2.24, 2.45) is 0 Å². The third kappa shape index (κ3) is 2.89. The molecule has 0 unspecified atom stereocenters. The molecule has 0 N–H and O–H groups in total. The number of hydrogen-bond acceptors (Lipinski definition) is 5. The van der Waals surface area contributed by atoms with E-state index >= 15 is 0 Å². The molecular formula is C6H12N2O5S2. The van der Waals surface area contributed by atoms with Gasteiger partial charge in [0.15, 0.2) is 0 Å². The number of carbonyl (C=O) groups excluding carboxylic acids is 1. The summed E-state index contributed by atoms with van der Waals surface area (Å²) in [6, 6.07) is 0. The highest BCUT2D eigenvalue weighted by molar-refractivity contribution is 7.89. The van der Waals surface area contributed by atoms with Crippen LogP contribution >= 0.6 is 0 Å². The molecule has 0 saturated carbocycles. The van der Waals surface area contributed by atoms with Gasteiger partial charge in [-0.25, -0.2) is 21.1 Å². The molecule has 1 aliphatic rings. The number of amides is 1. The van der Waals surface area contributed by atoms with Crippen LogP contribution in [0.4, 0.5) is 0 Å². The van der Waals surface area contributed by atoms with Crippen molar-refractivity contribution in [3.63, 3.8) is 0 Å². The van der Waals surface area contributed by atoms with Crippen LogP contribution in [0.5, 0.6) is 0 Å². The monoisotopic (exact) mass is 256 g/mol. The maximum atomic E-state index is 11.3. The van der Waals surface area contributed by atoms with Gasteiger partial charge in [0.2, 0.25) is 20.0 Å². The predicted octanol–water partition coefficient (Wildman–Crippen LogP) is -1.95. The van der Waals surface area contributed by atoms with Gasteiger partial charge in [-0.05, 0) is 0 Å². The molecule has 0 spiro atoms. The van der Waals surface area contributed by atoms with Crippen molar-refractivity contribution in [2.45, 2.75) is 0 Å². The highest BCUT2D eigenvalue weighted by atomic mass is 32.2. The van der Waals surface area contributed by atoms with Gasteiger partial charge in [0, 0.05) is 6.54 Å². The number of carbonyl (C=O) groups is 1. The Morgan fingerprint density at radius 1 is 1.00 bits per heavy atom. The minimum atomic E-state index is -3.58. The van der Waals surface area contributed by atoms with Crippen LogP contribution in [0.25, 0.3) is 0 Å². The van der Waals surface area contributed by atoms with Crippen LogP contribution in [0.2, 0.25) is 0 Å². The van der Waals surface area contributed by atoms with Crippen molar-refractivity contribution in [1.29, 1.82) is 0 Å². The van der Waals surface area contributed by atoms with Crippen LogP contribution in [-0.4, -0.2) is 63.5 Å². The lowest BCUT2D eigenvalue weighted by Gasteiger charge is -2.31. The quantitative estimate of drug-likeness (QED) is 0.572. The van der Waals surface area contributed by atoms with Crippen LogP contribution < -0.4 is 0 Å². The molecule has 9 heteroatoms. The Morgan fingerprint density at radius 3 is 1.87 bits per heavy atom. The minimum Gasteiger partial charge on any atom is -0.272 e. The van der Waals surface area contributed by atoms with Gasteiger partial charge < -0.3 is 0 Å². The lowest BCUT2D eigenvalue weighted by Crippen LogP contribution is -2.53. The van der Waals surface area contributed by atoms with Crippen LogP contribution in [0.15, 0.2) is 0 Å². The van der Waals surface area contributed by atoms with E-state index in [1.807, 2.05) is 0 Å². The fraction of sp³-hybridized carbons (Fsp3) is 0.833. The molecule has 7 nitrogen and oxygen atoms in total. The van der Waals surface area contributed by atoms with Gasteiger partial charge in [-0.15, -0.1) is 0 Å². The number of sulfonamides is 2. The Bertz CT molecular complexity index is 466. The molecule has 0 bridgehead atoms. The first kappa shape index (κ1) is 12.4. The topological polar surface area (TPSA) is 91.8 Å². The Kier molecular flexibility index (Phi) is 3.08. The highest BCUT2D eigenvalue weighted by Crippen LogP contribution is 2.10. The summed E-state index contributed by atoms with van der Waals surface area (Å²) >= 11 is 0. The first-order valence-corrected chi connectivity index (χ1v) is 7.77. The zero-order valence-electron chi connectivity index (χ0n) is 8.37. The number of rotatable bonds is 2. The first-order chi connectivity index (χ1) is 6.62. The average Bonchev–Trinajstić information content (AvgIpc) is 1.99. The van der Waals surface area contributed by atoms with Crippen LogP contribution in [-0.2, 0) is 24.8 Å². The standard InChI is InChI=1S/C6H12N2O5S2/c1-14(10,11)7-3-4-8(6(9)5-7)15(2,12)13/h3-5H2,1-2H3. The Hall–Kier alpha value is -0.670. The van der Waals surface area contributed by atoms with Crippen molar-refractivity contribution in [1.82, 2.24) is 8.61 Å². The molecule has 1 heterocycles. The Morgan fingerprint density at radius 2 is 1.53 bits per heavy atom. The van der Waals surface area contributed by atoms with E-state index in [2.05, 4.69) is 0 Å². The van der Waals surface area contributed by atoms with Crippen LogP contribution in [0, 0.1) is 0 Å². The lowest BCUT2D eigenvalue weighted by atomic mass is 10.4. The summed E-state index contributed by atoms with van der Waals surface area (Å²) in [6.07, 6.45) is 1.90. The van der Waals surface area contributed by atoms with Crippen molar-refractivity contribution >= 4 is 26.0 Å². The first-order valence-electron chi connectivity index (χ1n) is 4.08. The molecule has 0 aromatic heterocycles. The predicted molar refractivity (Wildman–Crippen MR) is 53.0 cm³/mol. The van der Waals surface area contributed by atoms with Crippen molar-refractivity contribution in [3.8, 4) is 0 Å². The normalized spacial score (nSPS) is 20.7. The third-order valence-corrected chi connectivity index (χ3v) is 4.45. The molecule has 1 rings (SSSR count). The van der Waals surface area contributed by atoms with E-state index in [1.165, 1.54) is 0 Å². The Balaban J connectivity index is 2.86. The second kappa shape index (κ2) is 3.72. The molecule has 1 fully saturated rings. The largest absolute Gasteiger partial charge is 0.272 e. The molecule has 15 heavy (non-hydrogen) atoms.